The van der Waals surface area contributed by atoms with Crippen molar-refractivity contribution in [3.05, 3.63) is 0 Å². The van der Waals surface area contributed by atoms with E-state index in [9.17, 15) is 9.90 Å². The van der Waals surface area contributed by atoms with Crippen molar-refractivity contribution in [3.8, 4) is 0 Å². The fraction of sp³-hybridized carbons (Fsp3) is 0.929. The fourth-order valence-electron chi connectivity index (χ4n) is 2.36. The van der Waals surface area contributed by atoms with Crippen molar-refractivity contribution in [1.29, 1.82) is 0 Å². The highest BCUT2D eigenvalue weighted by Crippen LogP contribution is 2.30. The van der Waals surface area contributed by atoms with Gasteiger partial charge in [0.25, 0.3) is 0 Å². The summed E-state index contributed by atoms with van der Waals surface area (Å²) in [4.78, 5) is 13.4. The summed E-state index contributed by atoms with van der Waals surface area (Å²) in [6.45, 7) is 7.58. The first kappa shape index (κ1) is 14.6. The first-order valence-electron chi connectivity index (χ1n) is 7.11. The Bertz CT molecular complexity index is 314. The minimum absolute atomic E-state index is 0.0867. The number of ether oxygens (including phenoxy) is 2. The van der Waals surface area contributed by atoms with Gasteiger partial charge in [-0.3, -0.25) is 0 Å². The van der Waals surface area contributed by atoms with Crippen LogP contribution < -0.4 is 0 Å². The topological polar surface area (TPSA) is 59.0 Å². The first-order valence-corrected chi connectivity index (χ1v) is 7.11. The molecule has 2 rings (SSSR count). The van der Waals surface area contributed by atoms with Crippen molar-refractivity contribution in [2.75, 3.05) is 19.7 Å². The zero-order valence-electron chi connectivity index (χ0n) is 12.1. The number of hydrogen-bond acceptors (Lipinski definition) is 4. The van der Waals surface area contributed by atoms with Crippen LogP contribution in [0.15, 0.2) is 0 Å². The highest BCUT2D eigenvalue weighted by molar-refractivity contribution is 5.69. The van der Waals surface area contributed by atoms with E-state index in [-0.39, 0.29) is 18.3 Å². The van der Waals surface area contributed by atoms with Gasteiger partial charge in [0.05, 0.1) is 25.3 Å². The van der Waals surface area contributed by atoms with Crippen molar-refractivity contribution < 1.29 is 19.4 Å². The average molecular weight is 271 g/mol. The van der Waals surface area contributed by atoms with Crippen LogP contribution >= 0.6 is 0 Å². The Kier molecular flexibility index (Phi) is 4.36. The Morgan fingerprint density at radius 1 is 1.32 bits per heavy atom. The summed E-state index contributed by atoms with van der Waals surface area (Å²) in [7, 11) is 0. The highest BCUT2D eigenvalue weighted by atomic mass is 16.6. The zero-order valence-corrected chi connectivity index (χ0v) is 12.1. The maximum atomic E-state index is 11.7. The third kappa shape index (κ3) is 4.35. The molecule has 5 nitrogen and oxygen atoms in total. The van der Waals surface area contributed by atoms with Crippen LogP contribution in [0, 0.1) is 5.92 Å². The molecule has 1 heterocycles. The lowest BCUT2D eigenvalue weighted by molar-refractivity contribution is -0.0709. The van der Waals surface area contributed by atoms with Gasteiger partial charge in [-0.25, -0.2) is 4.79 Å². The largest absolute Gasteiger partial charge is 0.444 e. The van der Waals surface area contributed by atoms with E-state index >= 15 is 0 Å². The molecule has 1 saturated heterocycles. The van der Waals surface area contributed by atoms with Crippen LogP contribution in [-0.4, -0.2) is 53.6 Å². The number of carbonyl (C=O) groups is 1. The number of aliphatic hydroxyl groups is 1. The molecule has 5 heteroatoms. The number of nitrogens with zero attached hydrogens (tertiary/aromatic N) is 1. The van der Waals surface area contributed by atoms with Crippen LogP contribution in [-0.2, 0) is 9.47 Å². The molecule has 0 aromatic heterocycles. The van der Waals surface area contributed by atoms with Gasteiger partial charge in [0, 0.05) is 6.61 Å². The number of amides is 1. The van der Waals surface area contributed by atoms with Gasteiger partial charge in [0.1, 0.15) is 5.60 Å². The molecule has 0 bridgehead atoms. The lowest BCUT2D eigenvalue weighted by Gasteiger charge is -2.40. The van der Waals surface area contributed by atoms with E-state index in [1.54, 1.807) is 4.90 Å². The maximum Gasteiger partial charge on any atom is 0.410 e. The molecule has 2 aliphatic rings. The maximum absolute atomic E-state index is 11.7. The van der Waals surface area contributed by atoms with Crippen LogP contribution in [0.25, 0.3) is 0 Å². The third-order valence-electron chi connectivity index (χ3n) is 3.59. The fourth-order valence-corrected chi connectivity index (χ4v) is 2.36. The number of rotatable bonds is 4. The van der Waals surface area contributed by atoms with Gasteiger partial charge in [0.15, 0.2) is 0 Å². The Morgan fingerprint density at radius 3 is 2.47 bits per heavy atom. The minimum atomic E-state index is -0.436. The number of carbonyl (C=O) groups excluding carboxylic acids is 1. The zero-order chi connectivity index (χ0) is 14.0. The summed E-state index contributed by atoms with van der Waals surface area (Å²) < 4.78 is 11.0. The second kappa shape index (κ2) is 5.67. The van der Waals surface area contributed by atoms with Crippen LogP contribution in [0.3, 0.4) is 0 Å². The number of hydrogen-bond donors (Lipinski definition) is 1. The smallest absolute Gasteiger partial charge is 0.410 e. The summed E-state index contributed by atoms with van der Waals surface area (Å²) in [5.74, 6) is 0.622. The van der Waals surface area contributed by atoms with E-state index in [2.05, 4.69) is 0 Å². The van der Waals surface area contributed by atoms with E-state index in [1.165, 1.54) is 0 Å². The molecule has 2 fully saturated rings. The monoisotopic (exact) mass is 271 g/mol. The van der Waals surface area contributed by atoms with Gasteiger partial charge >= 0.3 is 6.09 Å². The molecule has 1 aliphatic carbocycles. The third-order valence-corrected chi connectivity index (χ3v) is 3.59. The van der Waals surface area contributed by atoms with Gasteiger partial charge in [-0.05, 0) is 46.0 Å². The molecule has 1 amide bonds. The molecule has 0 aromatic rings. The van der Waals surface area contributed by atoms with Crippen LogP contribution in [0.4, 0.5) is 4.79 Å². The van der Waals surface area contributed by atoms with Gasteiger partial charge in [-0.15, -0.1) is 0 Å². The average Bonchev–Trinajstić information content (AvgIpc) is 2.15. The second-order valence-electron chi connectivity index (χ2n) is 6.66. The van der Waals surface area contributed by atoms with Crippen molar-refractivity contribution in [3.63, 3.8) is 0 Å². The molecular formula is C14H25NO4. The molecule has 0 spiro atoms. The lowest BCUT2D eigenvalue weighted by atomic mass is 9.80. The van der Waals surface area contributed by atoms with E-state index in [1.807, 2.05) is 20.8 Å². The normalized spacial score (nSPS) is 27.7. The Labute approximate surface area is 114 Å². The first-order chi connectivity index (χ1) is 8.83. The van der Waals surface area contributed by atoms with Gasteiger partial charge < -0.3 is 19.5 Å². The summed E-state index contributed by atoms with van der Waals surface area (Å²) in [5, 5.41) is 9.17. The number of aliphatic hydroxyl groups excluding tert-OH is 1. The molecule has 1 aliphatic heterocycles. The van der Waals surface area contributed by atoms with E-state index < -0.39 is 5.60 Å². The van der Waals surface area contributed by atoms with Gasteiger partial charge in [-0.2, -0.15) is 0 Å². The Morgan fingerprint density at radius 2 is 1.95 bits per heavy atom. The predicted molar refractivity (Wildman–Crippen MR) is 70.9 cm³/mol. The SMILES string of the molecule is CC(C)(C)OC(=O)N1CC(OCCC2CC(O)C2)C1. The Hall–Kier alpha value is -0.810. The summed E-state index contributed by atoms with van der Waals surface area (Å²) >= 11 is 0. The van der Waals surface area contributed by atoms with Crippen molar-refractivity contribution in [1.82, 2.24) is 4.90 Å². The second-order valence-corrected chi connectivity index (χ2v) is 6.66. The van der Waals surface area contributed by atoms with Crippen LogP contribution in [0.5, 0.6) is 0 Å². The summed E-state index contributed by atoms with van der Waals surface area (Å²) in [6, 6.07) is 0. The van der Waals surface area contributed by atoms with Crippen LogP contribution in [0.1, 0.15) is 40.0 Å². The summed E-state index contributed by atoms with van der Waals surface area (Å²) in [5.41, 5.74) is -0.436. The standard InChI is InChI=1S/C14H25NO4/c1-14(2,3)19-13(17)15-8-12(9-15)18-5-4-10-6-11(16)7-10/h10-12,16H,4-9H2,1-3H3. The lowest BCUT2D eigenvalue weighted by Crippen LogP contribution is -2.56. The van der Waals surface area contributed by atoms with Gasteiger partial charge in [-0.1, -0.05) is 0 Å². The van der Waals surface area contributed by atoms with E-state index in [4.69, 9.17) is 9.47 Å². The molecular weight excluding hydrogens is 246 g/mol. The molecule has 110 valence electrons. The van der Waals surface area contributed by atoms with E-state index in [0.29, 0.717) is 19.0 Å². The molecule has 1 saturated carbocycles. The summed E-state index contributed by atoms with van der Waals surface area (Å²) in [6.07, 6.45) is 2.65. The van der Waals surface area contributed by atoms with Gasteiger partial charge in [0.2, 0.25) is 0 Å². The van der Waals surface area contributed by atoms with Crippen LogP contribution in [0.2, 0.25) is 0 Å². The minimum Gasteiger partial charge on any atom is -0.444 e. The number of likely N-dealkylation sites (tertiary alicyclic amines) is 1. The molecule has 0 aromatic carbocycles. The van der Waals surface area contributed by atoms with Crippen molar-refractivity contribution >= 4 is 6.09 Å². The molecule has 0 unspecified atom stereocenters. The van der Waals surface area contributed by atoms with E-state index in [0.717, 1.165) is 25.9 Å². The molecule has 19 heavy (non-hydrogen) atoms. The predicted octanol–water partition coefficient (Wildman–Crippen LogP) is 1.78. The quantitative estimate of drug-likeness (QED) is 0.847. The molecule has 1 N–H and O–H groups in total. The molecule has 0 atom stereocenters. The van der Waals surface area contributed by atoms with Crippen molar-refractivity contribution in [2.24, 2.45) is 5.92 Å². The Balaban J connectivity index is 1.52. The highest BCUT2D eigenvalue weighted by Gasteiger charge is 2.34. The van der Waals surface area contributed by atoms with Crippen molar-refractivity contribution in [2.45, 2.75) is 57.8 Å². The molecule has 0 radical (unpaired) electrons.